The van der Waals surface area contributed by atoms with Gasteiger partial charge in [0.05, 0.1) is 12.2 Å². The zero-order chi connectivity index (χ0) is 22.6. The van der Waals surface area contributed by atoms with E-state index in [0.29, 0.717) is 35.2 Å². The monoisotopic (exact) mass is 449 g/mol. The number of nitrogens with two attached hydrogens (primary N) is 2. The van der Waals surface area contributed by atoms with Crippen molar-refractivity contribution in [3.05, 3.63) is 46.2 Å². The lowest BCUT2D eigenvalue weighted by Gasteiger charge is -2.28. The molecule has 1 aromatic rings. The second-order valence-corrected chi connectivity index (χ2v) is 9.14. The zero-order valence-electron chi connectivity index (χ0n) is 19.2. The van der Waals surface area contributed by atoms with Gasteiger partial charge in [-0.3, -0.25) is 0 Å². The Kier molecular flexibility index (Phi) is 11.2. The van der Waals surface area contributed by atoms with Gasteiger partial charge in [0.15, 0.2) is 0 Å². The number of benzene rings is 1. The molecule has 0 heterocycles. The lowest BCUT2D eigenvalue weighted by Crippen LogP contribution is -2.37. The highest BCUT2D eigenvalue weighted by Crippen LogP contribution is 2.32. The Morgan fingerprint density at radius 1 is 1.26 bits per heavy atom. The van der Waals surface area contributed by atoms with E-state index in [4.69, 9.17) is 27.8 Å². The first-order valence-electron chi connectivity index (χ1n) is 11.9. The summed E-state index contributed by atoms with van der Waals surface area (Å²) in [5.41, 5.74) is 13.8. The molecule has 0 amide bonds. The lowest BCUT2D eigenvalue weighted by molar-refractivity contribution is -0.139. The summed E-state index contributed by atoms with van der Waals surface area (Å²) >= 11 is 6.18. The van der Waals surface area contributed by atoms with Gasteiger partial charge < -0.3 is 21.5 Å². The molecule has 31 heavy (non-hydrogen) atoms. The highest BCUT2D eigenvalue weighted by atomic mass is 35.5. The molecule has 1 aromatic carbocycles. The smallest absolute Gasteiger partial charge is 0.339 e. The average molecular weight is 450 g/mol. The molecule has 0 aliphatic heterocycles. The van der Waals surface area contributed by atoms with Crippen LogP contribution >= 0.6 is 11.6 Å². The lowest BCUT2D eigenvalue weighted by atomic mass is 9.80. The van der Waals surface area contributed by atoms with Gasteiger partial charge in [0.2, 0.25) is 0 Å². The number of esters is 1. The molecule has 1 aliphatic carbocycles. The van der Waals surface area contributed by atoms with E-state index in [2.05, 4.69) is 12.2 Å². The molecule has 2 atom stereocenters. The van der Waals surface area contributed by atoms with Gasteiger partial charge in [-0.05, 0) is 42.7 Å². The van der Waals surface area contributed by atoms with E-state index in [-0.39, 0.29) is 6.61 Å². The third-order valence-electron chi connectivity index (χ3n) is 6.37. The summed E-state index contributed by atoms with van der Waals surface area (Å²) in [6.07, 6.45) is 10.1. The van der Waals surface area contributed by atoms with Gasteiger partial charge in [-0.25, -0.2) is 4.79 Å². The summed E-state index contributed by atoms with van der Waals surface area (Å²) in [6, 6.07) is 7.10. The van der Waals surface area contributed by atoms with Crippen LogP contribution in [0.15, 0.2) is 35.7 Å². The number of carbonyl (C=O) groups is 1. The van der Waals surface area contributed by atoms with E-state index in [9.17, 15) is 4.79 Å². The fraction of sp³-hybridized carbons (Fsp3) is 0.640. The van der Waals surface area contributed by atoms with Gasteiger partial charge in [0.25, 0.3) is 0 Å². The topological polar surface area (TPSA) is 90.4 Å². The van der Waals surface area contributed by atoms with E-state index in [0.717, 1.165) is 30.9 Å². The van der Waals surface area contributed by atoms with Crippen LogP contribution in [0.1, 0.15) is 70.8 Å². The van der Waals surface area contributed by atoms with E-state index in [1.165, 1.54) is 32.1 Å². The van der Waals surface area contributed by atoms with Crippen LogP contribution in [0.25, 0.3) is 0 Å². The molecule has 174 valence electrons. The largest absolute Gasteiger partial charge is 0.462 e. The molecule has 1 fully saturated rings. The summed E-state index contributed by atoms with van der Waals surface area (Å²) in [7, 11) is 0. The summed E-state index contributed by atoms with van der Waals surface area (Å²) in [5, 5.41) is 3.97. The minimum Gasteiger partial charge on any atom is -0.462 e. The number of ether oxygens (including phenoxy) is 1. The van der Waals surface area contributed by atoms with Crippen LogP contribution in [0.3, 0.4) is 0 Å². The number of nitrogens with one attached hydrogen (secondary N) is 1. The third-order valence-corrected chi connectivity index (χ3v) is 6.74. The van der Waals surface area contributed by atoms with Crippen LogP contribution < -0.4 is 16.8 Å². The van der Waals surface area contributed by atoms with Crippen LogP contribution in [0, 0.1) is 11.8 Å². The Balaban J connectivity index is 1.93. The van der Waals surface area contributed by atoms with E-state index < -0.39 is 12.0 Å². The second kappa shape index (κ2) is 13.6. The first kappa shape index (κ1) is 25.5. The van der Waals surface area contributed by atoms with Gasteiger partial charge in [-0.2, -0.15) is 0 Å². The Morgan fingerprint density at radius 3 is 2.61 bits per heavy atom. The standard InChI is InChI=1S/C25H40ClN3O2/c1-3-8-19(14-13-18-9-7-10-18)17-29-24(28)23(22(27)4-2)25(30)31-16-15-20-11-5-6-12-21(20)26/h5-6,11-12,18-19,22,29H,3-4,7-10,13-17,27-28H2,1-2H3/b24-23+. The zero-order valence-corrected chi connectivity index (χ0v) is 19.9. The molecule has 0 bridgehead atoms. The van der Waals surface area contributed by atoms with Gasteiger partial charge in [0.1, 0.15) is 5.82 Å². The molecule has 2 unspecified atom stereocenters. The molecule has 0 spiro atoms. The first-order chi connectivity index (χ1) is 15.0. The van der Waals surface area contributed by atoms with Crippen molar-refractivity contribution in [1.82, 2.24) is 5.32 Å². The van der Waals surface area contributed by atoms with Crippen LogP contribution in [0.4, 0.5) is 0 Å². The minimum atomic E-state index is -0.458. The number of rotatable bonds is 14. The Hall–Kier alpha value is -1.72. The van der Waals surface area contributed by atoms with Crippen LogP contribution in [0.5, 0.6) is 0 Å². The number of hydrogen-bond donors (Lipinski definition) is 3. The quantitative estimate of drug-likeness (QED) is 0.277. The molecule has 5 N–H and O–H groups in total. The first-order valence-corrected chi connectivity index (χ1v) is 12.2. The van der Waals surface area contributed by atoms with Crippen molar-refractivity contribution in [2.75, 3.05) is 13.2 Å². The van der Waals surface area contributed by atoms with E-state index in [1.807, 2.05) is 31.2 Å². The minimum absolute atomic E-state index is 0.232. The summed E-state index contributed by atoms with van der Waals surface area (Å²) in [5.74, 6) is 1.36. The molecule has 0 saturated heterocycles. The van der Waals surface area contributed by atoms with Crippen molar-refractivity contribution in [2.45, 2.75) is 77.7 Å². The van der Waals surface area contributed by atoms with Crippen LogP contribution in [-0.4, -0.2) is 25.2 Å². The molecule has 6 heteroatoms. The molecular weight excluding hydrogens is 410 g/mol. The predicted molar refractivity (Wildman–Crippen MR) is 129 cm³/mol. The van der Waals surface area contributed by atoms with Crippen molar-refractivity contribution in [1.29, 1.82) is 0 Å². The predicted octanol–water partition coefficient (Wildman–Crippen LogP) is 4.92. The normalized spacial score (nSPS) is 16.8. The molecule has 1 saturated carbocycles. The highest BCUT2D eigenvalue weighted by molar-refractivity contribution is 6.31. The Labute approximate surface area is 192 Å². The number of carbonyl (C=O) groups excluding carboxylic acids is 1. The summed E-state index contributed by atoms with van der Waals surface area (Å²) in [4.78, 5) is 12.8. The van der Waals surface area contributed by atoms with Gasteiger partial charge in [-0.15, -0.1) is 0 Å². The van der Waals surface area contributed by atoms with Crippen molar-refractivity contribution < 1.29 is 9.53 Å². The third kappa shape index (κ3) is 8.38. The van der Waals surface area contributed by atoms with Crippen LogP contribution in [-0.2, 0) is 16.0 Å². The molecule has 1 aliphatic rings. The Morgan fingerprint density at radius 2 is 2.00 bits per heavy atom. The van der Waals surface area contributed by atoms with Crippen LogP contribution in [0.2, 0.25) is 5.02 Å². The molecule has 0 radical (unpaired) electrons. The maximum absolute atomic E-state index is 12.8. The van der Waals surface area contributed by atoms with Gasteiger partial charge in [0, 0.05) is 24.0 Å². The molecule has 5 nitrogen and oxygen atoms in total. The van der Waals surface area contributed by atoms with E-state index >= 15 is 0 Å². The van der Waals surface area contributed by atoms with Crippen molar-refractivity contribution >= 4 is 17.6 Å². The molecule has 2 rings (SSSR count). The fourth-order valence-electron chi connectivity index (χ4n) is 4.06. The Bertz CT molecular complexity index is 718. The average Bonchev–Trinajstić information content (AvgIpc) is 2.72. The summed E-state index contributed by atoms with van der Waals surface area (Å²) in [6.45, 7) is 5.15. The number of halogens is 1. The molecule has 0 aromatic heterocycles. The van der Waals surface area contributed by atoms with Gasteiger partial charge >= 0.3 is 5.97 Å². The fourth-order valence-corrected chi connectivity index (χ4v) is 4.29. The highest BCUT2D eigenvalue weighted by Gasteiger charge is 2.23. The van der Waals surface area contributed by atoms with Crippen molar-refractivity contribution in [2.24, 2.45) is 23.3 Å². The maximum Gasteiger partial charge on any atom is 0.339 e. The van der Waals surface area contributed by atoms with Gasteiger partial charge in [-0.1, -0.05) is 75.8 Å². The molecular formula is C25H40ClN3O2. The van der Waals surface area contributed by atoms with Crippen molar-refractivity contribution in [3.63, 3.8) is 0 Å². The van der Waals surface area contributed by atoms with E-state index in [1.54, 1.807) is 0 Å². The second-order valence-electron chi connectivity index (χ2n) is 8.73. The summed E-state index contributed by atoms with van der Waals surface area (Å²) < 4.78 is 5.51. The SMILES string of the molecule is CCCC(CCC1CCC1)CN/C(N)=C(/C(=O)OCCc1ccccc1Cl)C(N)CC. The maximum atomic E-state index is 12.8. The number of hydrogen-bond acceptors (Lipinski definition) is 5. The van der Waals surface area contributed by atoms with Crippen molar-refractivity contribution in [3.8, 4) is 0 Å².